The van der Waals surface area contributed by atoms with Crippen molar-refractivity contribution in [2.75, 3.05) is 14.2 Å². The SMILES string of the molecule is COc1ccc(Cn2c(C)c(CC(=O)O)c3cc(OC)c(Cl)cc32)s1. The molecule has 0 amide bonds. The maximum absolute atomic E-state index is 11.3. The molecule has 0 spiro atoms. The number of carbonyl (C=O) groups is 1. The number of hydrogen-bond acceptors (Lipinski definition) is 4. The van der Waals surface area contributed by atoms with Gasteiger partial charge in [-0.1, -0.05) is 11.6 Å². The van der Waals surface area contributed by atoms with E-state index >= 15 is 0 Å². The van der Waals surface area contributed by atoms with Crippen molar-refractivity contribution in [1.29, 1.82) is 0 Å². The van der Waals surface area contributed by atoms with Gasteiger partial charge in [-0.25, -0.2) is 0 Å². The van der Waals surface area contributed by atoms with Crippen LogP contribution in [0.4, 0.5) is 0 Å². The van der Waals surface area contributed by atoms with Crippen LogP contribution in [0, 0.1) is 6.92 Å². The van der Waals surface area contributed by atoms with Crippen LogP contribution in [-0.2, 0) is 17.8 Å². The number of fused-ring (bicyclic) bond motifs is 1. The van der Waals surface area contributed by atoms with E-state index < -0.39 is 5.97 Å². The Morgan fingerprint density at radius 3 is 2.64 bits per heavy atom. The van der Waals surface area contributed by atoms with Gasteiger partial charge in [-0.15, -0.1) is 11.3 Å². The minimum Gasteiger partial charge on any atom is -0.495 e. The van der Waals surface area contributed by atoms with Crippen LogP contribution < -0.4 is 9.47 Å². The van der Waals surface area contributed by atoms with Crippen molar-refractivity contribution >= 4 is 39.8 Å². The molecule has 0 aliphatic heterocycles. The van der Waals surface area contributed by atoms with E-state index in [0.29, 0.717) is 17.3 Å². The Morgan fingerprint density at radius 1 is 1.28 bits per heavy atom. The van der Waals surface area contributed by atoms with E-state index in [-0.39, 0.29) is 6.42 Å². The summed E-state index contributed by atoms with van der Waals surface area (Å²) in [6.45, 7) is 2.56. The summed E-state index contributed by atoms with van der Waals surface area (Å²) in [5.41, 5.74) is 2.59. The summed E-state index contributed by atoms with van der Waals surface area (Å²) >= 11 is 7.86. The first-order valence-corrected chi connectivity index (χ1v) is 8.83. The van der Waals surface area contributed by atoms with Gasteiger partial charge in [0, 0.05) is 16.0 Å². The topological polar surface area (TPSA) is 60.7 Å². The number of aliphatic carboxylic acids is 1. The van der Waals surface area contributed by atoms with Crippen LogP contribution in [0.5, 0.6) is 10.8 Å². The normalized spacial score (nSPS) is 11.0. The van der Waals surface area contributed by atoms with E-state index in [0.717, 1.165) is 32.1 Å². The average molecular weight is 380 g/mol. The number of thiophene rings is 1. The number of carboxylic acids is 1. The molecule has 25 heavy (non-hydrogen) atoms. The fraction of sp³-hybridized carbons (Fsp3) is 0.278. The summed E-state index contributed by atoms with van der Waals surface area (Å²) < 4.78 is 12.6. The number of methoxy groups -OCH3 is 2. The Balaban J connectivity index is 2.17. The molecule has 3 aromatic rings. The molecule has 132 valence electrons. The van der Waals surface area contributed by atoms with Gasteiger partial charge >= 0.3 is 5.97 Å². The van der Waals surface area contributed by atoms with Crippen molar-refractivity contribution in [1.82, 2.24) is 4.57 Å². The molecular formula is C18H18ClNO4S. The van der Waals surface area contributed by atoms with Gasteiger partial charge < -0.3 is 19.1 Å². The predicted octanol–water partition coefficient (Wildman–Crippen LogP) is 4.36. The highest BCUT2D eigenvalue weighted by atomic mass is 35.5. The van der Waals surface area contributed by atoms with E-state index in [1.165, 1.54) is 0 Å². The molecule has 7 heteroatoms. The highest BCUT2D eigenvalue weighted by Crippen LogP contribution is 2.36. The Bertz CT molecular complexity index is 944. The third-order valence-electron chi connectivity index (χ3n) is 4.21. The molecule has 0 saturated heterocycles. The molecule has 0 radical (unpaired) electrons. The fourth-order valence-electron chi connectivity index (χ4n) is 2.99. The number of benzene rings is 1. The Kier molecular flexibility index (Phi) is 4.92. The van der Waals surface area contributed by atoms with Crippen LogP contribution in [0.1, 0.15) is 16.1 Å². The van der Waals surface area contributed by atoms with Crippen LogP contribution in [-0.4, -0.2) is 29.9 Å². The first-order chi connectivity index (χ1) is 11.9. The van der Waals surface area contributed by atoms with Gasteiger partial charge in [-0.2, -0.15) is 0 Å². The molecule has 1 aromatic carbocycles. The first kappa shape index (κ1) is 17.6. The molecule has 0 bridgehead atoms. The molecule has 1 N–H and O–H groups in total. The van der Waals surface area contributed by atoms with E-state index in [4.69, 9.17) is 21.1 Å². The third-order valence-corrected chi connectivity index (χ3v) is 5.53. The largest absolute Gasteiger partial charge is 0.495 e. The lowest BCUT2D eigenvalue weighted by Gasteiger charge is -2.08. The summed E-state index contributed by atoms with van der Waals surface area (Å²) in [7, 11) is 3.19. The van der Waals surface area contributed by atoms with Gasteiger partial charge in [-0.05, 0) is 36.8 Å². The van der Waals surface area contributed by atoms with Gasteiger partial charge in [0.15, 0.2) is 5.06 Å². The summed E-state index contributed by atoms with van der Waals surface area (Å²) in [4.78, 5) is 12.4. The molecule has 0 aliphatic rings. The van der Waals surface area contributed by atoms with Crippen LogP contribution in [0.3, 0.4) is 0 Å². The van der Waals surface area contributed by atoms with E-state index in [2.05, 4.69) is 4.57 Å². The van der Waals surface area contributed by atoms with Crippen molar-refractivity contribution < 1.29 is 19.4 Å². The first-order valence-electron chi connectivity index (χ1n) is 7.64. The minimum atomic E-state index is -0.867. The maximum Gasteiger partial charge on any atom is 0.307 e. The lowest BCUT2D eigenvalue weighted by Crippen LogP contribution is -2.04. The molecule has 0 atom stereocenters. The van der Waals surface area contributed by atoms with Gasteiger partial charge in [-0.3, -0.25) is 4.79 Å². The molecular weight excluding hydrogens is 362 g/mol. The van der Waals surface area contributed by atoms with Crippen LogP contribution in [0.15, 0.2) is 24.3 Å². The molecule has 0 saturated carbocycles. The van der Waals surface area contributed by atoms with E-state index in [1.54, 1.807) is 25.6 Å². The van der Waals surface area contributed by atoms with Gasteiger partial charge in [0.25, 0.3) is 0 Å². The zero-order valence-electron chi connectivity index (χ0n) is 14.1. The maximum atomic E-state index is 11.3. The van der Waals surface area contributed by atoms with Crippen LogP contribution >= 0.6 is 22.9 Å². The summed E-state index contributed by atoms with van der Waals surface area (Å²) in [5.74, 6) is -0.329. The smallest absolute Gasteiger partial charge is 0.307 e. The Labute approximate surface area is 154 Å². The summed E-state index contributed by atoms with van der Waals surface area (Å²) in [5, 5.41) is 11.5. The van der Waals surface area contributed by atoms with Crippen molar-refractivity contribution in [2.45, 2.75) is 19.9 Å². The van der Waals surface area contributed by atoms with Crippen molar-refractivity contribution in [3.8, 4) is 10.8 Å². The number of rotatable bonds is 6. The monoisotopic (exact) mass is 379 g/mol. The zero-order chi connectivity index (χ0) is 18.1. The Morgan fingerprint density at radius 2 is 2.04 bits per heavy atom. The quantitative estimate of drug-likeness (QED) is 0.691. The second-order valence-electron chi connectivity index (χ2n) is 5.65. The molecule has 2 heterocycles. The molecule has 0 aliphatic carbocycles. The number of hydrogen-bond donors (Lipinski definition) is 1. The minimum absolute atomic E-state index is 0.0477. The molecule has 0 unspecified atom stereocenters. The van der Waals surface area contributed by atoms with Crippen molar-refractivity contribution in [2.24, 2.45) is 0 Å². The van der Waals surface area contributed by atoms with Crippen molar-refractivity contribution in [3.63, 3.8) is 0 Å². The second kappa shape index (κ2) is 6.98. The van der Waals surface area contributed by atoms with Crippen LogP contribution in [0.25, 0.3) is 10.9 Å². The Hall–Kier alpha value is -2.18. The molecule has 5 nitrogen and oxygen atoms in total. The molecule has 0 fully saturated rings. The zero-order valence-corrected chi connectivity index (χ0v) is 15.7. The van der Waals surface area contributed by atoms with Gasteiger partial charge in [0.2, 0.25) is 0 Å². The van der Waals surface area contributed by atoms with Gasteiger partial charge in [0.1, 0.15) is 5.75 Å². The second-order valence-corrected chi connectivity index (χ2v) is 7.19. The highest BCUT2D eigenvalue weighted by Gasteiger charge is 2.19. The third kappa shape index (κ3) is 3.32. The van der Waals surface area contributed by atoms with E-state index in [1.807, 2.05) is 31.2 Å². The number of nitrogens with zero attached hydrogens (tertiary/aromatic N) is 1. The number of ether oxygens (including phenoxy) is 2. The fourth-order valence-corrected chi connectivity index (χ4v) is 4.03. The highest BCUT2D eigenvalue weighted by molar-refractivity contribution is 7.13. The summed E-state index contributed by atoms with van der Waals surface area (Å²) in [6, 6.07) is 7.58. The van der Waals surface area contributed by atoms with E-state index in [9.17, 15) is 9.90 Å². The lowest BCUT2D eigenvalue weighted by molar-refractivity contribution is -0.136. The number of halogens is 1. The summed E-state index contributed by atoms with van der Waals surface area (Å²) in [6.07, 6.45) is -0.0477. The van der Waals surface area contributed by atoms with Crippen molar-refractivity contribution in [3.05, 3.63) is 45.4 Å². The van der Waals surface area contributed by atoms with Crippen LogP contribution in [0.2, 0.25) is 5.02 Å². The lowest BCUT2D eigenvalue weighted by atomic mass is 10.1. The number of aromatic nitrogens is 1. The molecule has 3 rings (SSSR count). The standard InChI is InChI=1S/C18H18ClNO4S/c1-10-12(7-17(21)22)13-6-16(23-2)14(19)8-15(13)20(10)9-11-4-5-18(24-3)25-11/h4-6,8H,7,9H2,1-3H3,(H,21,22). The van der Waals surface area contributed by atoms with Gasteiger partial charge in [0.05, 0.1) is 37.7 Å². The predicted molar refractivity (Wildman–Crippen MR) is 99.5 cm³/mol. The number of carboxylic acid groups (broad SMARTS) is 1. The average Bonchev–Trinajstić information content (AvgIpc) is 3.12. The molecule has 2 aromatic heterocycles.